The summed E-state index contributed by atoms with van der Waals surface area (Å²) in [4.78, 5) is 14.0. The molecule has 0 spiro atoms. The Bertz CT molecular complexity index is 445. The first-order valence-corrected chi connectivity index (χ1v) is 7.01. The average molecular weight is 261 g/mol. The Morgan fingerprint density at radius 1 is 1.42 bits per heavy atom. The lowest BCUT2D eigenvalue weighted by atomic mass is 9.74. The maximum atomic E-state index is 11.7. The number of hydrogen-bond acceptors (Lipinski definition) is 2. The van der Waals surface area contributed by atoms with Crippen LogP contribution in [0.3, 0.4) is 0 Å². The summed E-state index contributed by atoms with van der Waals surface area (Å²) in [6, 6.07) is 10.3. The lowest BCUT2D eigenvalue weighted by Crippen LogP contribution is -2.42. The number of rotatable bonds is 4. The van der Waals surface area contributed by atoms with E-state index in [0.29, 0.717) is 0 Å². The average Bonchev–Trinajstić information content (AvgIpc) is 2.65. The van der Waals surface area contributed by atoms with Gasteiger partial charge in [-0.05, 0) is 25.3 Å². The van der Waals surface area contributed by atoms with Gasteiger partial charge in [0.15, 0.2) is 0 Å². The van der Waals surface area contributed by atoms with E-state index in [2.05, 4.69) is 24.0 Å². The van der Waals surface area contributed by atoms with Gasteiger partial charge in [0.05, 0.1) is 5.41 Å². The smallest absolute Gasteiger partial charge is 0.311 e. The predicted octanol–water partition coefficient (Wildman–Crippen LogP) is 3.01. The maximum Gasteiger partial charge on any atom is 0.311 e. The highest BCUT2D eigenvalue weighted by Gasteiger charge is 2.52. The normalized spacial score (nSPS) is 31.5. The van der Waals surface area contributed by atoms with Crippen LogP contribution < -0.4 is 0 Å². The van der Waals surface area contributed by atoms with Gasteiger partial charge in [0.1, 0.15) is 0 Å². The third-order valence-electron chi connectivity index (χ3n) is 4.90. The summed E-state index contributed by atoms with van der Waals surface area (Å²) < 4.78 is 0. The van der Waals surface area contributed by atoms with Gasteiger partial charge >= 0.3 is 5.97 Å². The fraction of sp³-hybridized carbons (Fsp3) is 0.562. The lowest BCUT2D eigenvalue weighted by Gasteiger charge is -2.31. The molecule has 3 heteroatoms. The summed E-state index contributed by atoms with van der Waals surface area (Å²) in [5.41, 5.74) is 0.614. The Hall–Kier alpha value is -1.35. The molecular weight excluding hydrogens is 238 g/mol. The van der Waals surface area contributed by atoms with Crippen LogP contribution in [0.5, 0.6) is 0 Å². The van der Waals surface area contributed by atoms with Crippen molar-refractivity contribution in [2.75, 3.05) is 6.54 Å². The van der Waals surface area contributed by atoms with Gasteiger partial charge in [-0.2, -0.15) is 0 Å². The number of carbonyl (C=O) groups is 1. The van der Waals surface area contributed by atoms with Crippen molar-refractivity contribution >= 4 is 5.97 Å². The van der Waals surface area contributed by atoms with Crippen LogP contribution in [-0.2, 0) is 11.3 Å². The topological polar surface area (TPSA) is 40.5 Å². The molecule has 3 atom stereocenters. The van der Waals surface area contributed by atoms with E-state index in [1.807, 2.05) is 32.0 Å². The molecule has 2 rings (SSSR count). The highest BCUT2D eigenvalue weighted by atomic mass is 16.4. The number of hydrogen-bond donors (Lipinski definition) is 1. The molecule has 1 aromatic carbocycles. The van der Waals surface area contributed by atoms with Crippen LogP contribution in [0.15, 0.2) is 30.3 Å². The minimum Gasteiger partial charge on any atom is -0.481 e. The quantitative estimate of drug-likeness (QED) is 0.905. The number of nitrogens with zero attached hydrogens (tertiary/aromatic N) is 1. The number of benzene rings is 1. The van der Waals surface area contributed by atoms with E-state index in [-0.39, 0.29) is 12.0 Å². The van der Waals surface area contributed by atoms with Crippen LogP contribution >= 0.6 is 0 Å². The molecule has 1 heterocycles. The molecule has 1 saturated heterocycles. The summed E-state index contributed by atoms with van der Waals surface area (Å²) in [7, 11) is 0. The highest BCUT2D eigenvalue weighted by Crippen LogP contribution is 2.43. The van der Waals surface area contributed by atoms with Gasteiger partial charge in [-0.1, -0.05) is 43.7 Å². The summed E-state index contributed by atoms with van der Waals surface area (Å²) in [5.74, 6) is -0.439. The van der Waals surface area contributed by atoms with E-state index < -0.39 is 11.4 Å². The van der Waals surface area contributed by atoms with Gasteiger partial charge in [0, 0.05) is 19.1 Å². The minimum atomic E-state index is -0.664. The Morgan fingerprint density at radius 3 is 2.53 bits per heavy atom. The zero-order valence-electron chi connectivity index (χ0n) is 12.0. The van der Waals surface area contributed by atoms with Crippen LogP contribution in [-0.4, -0.2) is 28.6 Å². The number of carboxylic acids is 1. The van der Waals surface area contributed by atoms with Crippen LogP contribution in [0.2, 0.25) is 0 Å². The largest absolute Gasteiger partial charge is 0.481 e. The summed E-state index contributed by atoms with van der Waals surface area (Å²) in [5, 5.41) is 9.60. The number of carboxylic acid groups (broad SMARTS) is 1. The van der Waals surface area contributed by atoms with E-state index in [1.54, 1.807) is 0 Å². The lowest BCUT2D eigenvalue weighted by molar-refractivity contribution is -0.151. The molecule has 1 unspecified atom stereocenters. The third kappa shape index (κ3) is 2.39. The Morgan fingerprint density at radius 2 is 2.05 bits per heavy atom. The van der Waals surface area contributed by atoms with Crippen LogP contribution in [0.1, 0.15) is 32.8 Å². The van der Waals surface area contributed by atoms with Crippen molar-refractivity contribution < 1.29 is 9.90 Å². The molecule has 0 aliphatic carbocycles. The van der Waals surface area contributed by atoms with E-state index in [1.165, 1.54) is 5.56 Å². The van der Waals surface area contributed by atoms with Crippen molar-refractivity contribution in [2.45, 2.75) is 39.8 Å². The highest BCUT2D eigenvalue weighted by molar-refractivity contribution is 5.76. The van der Waals surface area contributed by atoms with Crippen LogP contribution in [0.25, 0.3) is 0 Å². The van der Waals surface area contributed by atoms with Crippen molar-refractivity contribution in [2.24, 2.45) is 11.3 Å². The second kappa shape index (κ2) is 5.33. The maximum absolute atomic E-state index is 11.7. The van der Waals surface area contributed by atoms with E-state index in [9.17, 15) is 9.90 Å². The molecule has 0 amide bonds. The molecule has 0 bridgehead atoms. The van der Waals surface area contributed by atoms with E-state index in [0.717, 1.165) is 19.5 Å². The molecular formula is C16H23NO2. The van der Waals surface area contributed by atoms with E-state index >= 15 is 0 Å². The fourth-order valence-electron chi connectivity index (χ4n) is 3.28. The summed E-state index contributed by atoms with van der Waals surface area (Å²) in [6.45, 7) is 7.74. The van der Waals surface area contributed by atoms with Gasteiger partial charge in [-0.3, -0.25) is 9.69 Å². The first kappa shape index (κ1) is 14.1. The molecule has 1 N–H and O–H groups in total. The molecule has 1 fully saturated rings. The zero-order valence-corrected chi connectivity index (χ0v) is 12.0. The molecule has 3 nitrogen and oxygen atoms in total. The molecule has 0 aromatic heterocycles. The first-order valence-electron chi connectivity index (χ1n) is 7.01. The Labute approximate surface area is 115 Å². The van der Waals surface area contributed by atoms with Gasteiger partial charge in [0.2, 0.25) is 0 Å². The van der Waals surface area contributed by atoms with Gasteiger partial charge in [0.25, 0.3) is 0 Å². The molecule has 1 aliphatic heterocycles. The van der Waals surface area contributed by atoms with E-state index in [4.69, 9.17) is 0 Å². The van der Waals surface area contributed by atoms with Crippen molar-refractivity contribution in [1.82, 2.24) is 4.90 Å². The number of likely N-dealkylation sites (tertiary alicyclic amines) is 1. The fourth-order valence-corrected chi connectivity index (χ4v) is 3.28. The van der Waals surface area contributed by atoms with Crippen molar-refractivity contribution in [3.8, 4) is 0 Å². The predicted molar refractivity (Wildman–Crippen MR) is 75.8 cm³/mol. The second-order valence-corrected chi connectivity index (χ2v) is 5.78. The molecule has 1 aliphatic rings. The SMILES string of the molecule is CC[C@H]1CN(Cc2ccccc2)C(C)[C@]1(C)C(=O)O. The standard InChI is InChI=1S/C16H23NO2/c1-4-14-11-17(10-13-8-6-5-7-9-13)12(2)16(14,3)15(18)19/h5-9,12,14H,4,10-11H2,1-3H3,(H,18,19)/t12?,14-,16-/m0/s1. The zero-order chi connectivity index (χ0) is 14.0. The molecule has 19 heavy (non-hydrogen) atoms. The van der Waals surface area contributed by atoms with Gasteiger partial charge in [-0.15, -0.1) is 0 Å². The van der Waals surface area contributed by atoms with Crippen LogP contribution in [0, 0.1) is 11.3 Å². The second-order valence-electron chi connectivity index (χ2n) is 5.78. The first-order chi connectivity index (χ1) is 9.00. The molecule has 1 aromatic rings. The van der Waals surface area contributed by atoms with Gasteiger partial charge in [-0.25, -0.2) is 0 Å². The molecule has 0 radical (unpaired) electrons. The van der Waals surface area contributed by atoms with Crippen LogP contribution in [0.4, 0.5) is 0 Å². The van der Waals surface area contributed by atoms with Crippen molar-refractivity contribution in [3.05, 3.63) is 35.9 Å². The Balaban J connectivity index is 2.19. The monoisotopic (exact) mass is 261 g/mol. The molecule has 104 valence electrons. The van der Waals surface area contributed by atoms with Gasteiger partial charge < -0.3 is 5.11 Å². The summed E-state index contributed by atoms with van der Waals surface area (Å²) in [6.07, 6.45) is 0.915. The Kier molecular flexibility index (Phi) is 3.95. The van der Waals surface area contributed by atoms with Crippen molar-refractivity contribution in [3.63, 3.8) is 0 Å². The number of aliphatic carboxylic acids is 1. The third-order valence-corrected chi connectivity index (χ3v) is 4.90. The molecule has 0 saturated carbocycles. The summed E-state index contributed by atoms with van der Waals surface area (Å²) >= 11 is 0. The minimum absolute atomic E-state index is 0.0650. The van der Waals surface area contributed by atoms with Crippen molar-refractivity contribution in [1.29, 1.82) is 0 Å².